The van der Waals surface area contributed by atoms with E-state index in [0.29, 0.717) is 5.92 Å². The predicted molar refractivity (Wildman–Crippen MR) is 87.0 cm³/mol. The second kappa shape index (κ2) is 5.93. The lowest BCUT2D eigenvalue weighted by atomic mass is 9.80. The van der Waals surface area contributed by atoms with Crippen LogP contribution in [0.5, 0.6) is 0 Å². The SMILES string of the molecule is Cc1ncn(-c2ccc(NC(=O)C(N)C3CCC3)cc2)c1C. The van der Waals surface area contributed by atoms with E-state index >= 15 is 0 Å². The molecule has 0 bridgehead atoms. The highest BCUT2D eigenvalue weighted by molar-refractivity contribution is 5.95. The van der Waals surface area contributed by atoms with Crippen LogP contribution in [0.1, 0.15) is 30.7 Å². The summed E-state index contributed by atoms with van der Waals surface area (Å²) in [6, 6.07) is 7.34. The molecule has 3 rings (SSSR count). The fourth-order valence-corrected chi connectivity index (χ4v) is 2.70. The topological polar surface area (TPSA) is 72.9 Å². The number of nitrogens with two attached hydrogens (primary N) is 1. The van der Waals surface area contributed by atoms with Crippen molar-refractivity contribution in [2.75, 3.05) is 5.32 Å². The van der Waals surface area contributed by atoms with Crippen molar-refractivity contribution in [2.45, 2.75) is 39.2 Å². The van der Waals surface area contributed by atoms with E-state index in [1.54, 1.807) is 0 Å². The molecular formula is C17H22N4O. The molecule has 1 aromatic carbocycles. The fraction of sp³-hybridized carbons (Fsp3) is 0.412. The van der Waals surface area contributed by atoms with Crippen molar-refractivity contribution in [3.63, 3.8) is 0 Å². The summed E-state index contributed by atoms with van der Waals surface area (Å²) < 4.78 is 2.03. The highest BCUT2D eigenvalue weighted by Gasteiger charge is 2.29. The zero-order valence-electron chi connectivity index (χ0n) is 13.0. The van der Waals surface area contributed by atoms with E-state index in [4.69, 9.17) is 5.73 Å². The summed E-state index contributed by atoms with van der Waals surface area (Å²) >= 11 is 0. The number of nitrogens with zero attached hydrogens (tertiary/aromatic N) is 2. The van der Waals surface area contributed by atoms with Gasteiger partial charge in [-0.2, -0.15) is 0 Å². The first kappa shape index (κ1) is 14.8. The molecule has 0 radical (unpaired) electrons. The van der Waals surface area contributed by atoms with Crippen LogP contribution in [-0.2, 0) is 4.79 Å². The molecule has 0 saturated heterocycles. The van der Waals surface area contributed by atoms with Crippen LogP contribution in [0.25, 0.3) is 5.69 Å². The first-order valence-electron chi connectivity index (χ1n) is 7.73. The number of benzene rings is 1. The molecule has 1 fully saturated rings. The Kier molecular flexibility index (Phi) is 3.98. The number of anilines is 1. The molecule has 2 aromatic rings. The van der Waals surface area contributed by atoms with Gasteiger partial charge in [0.15, 0.2) is 0 Å². The second-order valence-electron chi connectivity index (χ2n) is 6.04. The lowest BCUT2D eigenvalue weighted by Gasteiger charge is -2.30. The van der Waals surface area contributed by atoms with Gasteiger partial charge in [-0.25, -0.2) is 4.98 Å². The fourth-order valence-electron chi connectivity index (χ4n) is 2.70. The number of aryl methyl sites for hydroxylation is 1. The summed E-state index contributed by atoms with van der Waals surface area (Å²) in [5.74, 6) is 0.253. The van der Waals surface area contributed by atoms with Crippen LogP contribution in [-0.4, -0.2) is 21.5 Å². The number of amides is 1. The summed E-state index contributed by atoms with van der Waals surface area (Å²) in [6.07, 6.45) is 5.12. The molecule has 3 N–H and O–H groups in total. The molecule has 1 atom stereocenters. The van der Waals surface area contributed by atoms with Crippen LogP contribution in [0, 0.1) is 19.8 Å². The molecule has 1 aliphatic carbocycles. The Bertz CT molecular complexity index is 670. The predicted octanol–water partition coefficient (Wildman–Crippen LogP) is 2.56. The third kappa shape index (κ3) is 2.76. The number of nitrogens with one attached hydrogen (secondary N) is 1. The van der Waals surface area contributed by atoms with Gasteiger partial charge in [-0.3, -0.25) is 4.79 Å². The van der Waals surface area contributed by atoms with Gasteiger partial charge >= 0.3 is 0 Å². The first-order valence-corrected chi connectivity index (χ1v) is 7.73. The number of rotatable bonds is 4. The molecule has 5 heteroatoms. The van der Waals surface area contributed by atoms with Crippen molar-refractivity contribution in [1.82, 2.24) is 9.55 Å². The zero-order valence-corrected chi connectivity index (χ0v) is 13.0. The van der Waals surface area contributed by atoms with Gasteiger partial charge in [0.25, 0.3) is 0 Å². The lowest BCUT2D eigenvalue weighted by molar-refractivity contribution is -0.119. The Labute approximate surface area is 130 Å². The van der Waals surface area contributed by atoms with Crippen LogP contribution in [0.15, 0.2) is 30.6 Å². The van der Waals surface area contributed by atoms with Gasteiger partial charge in [-0.05, 0) is 56.9 Å². The molecule has 1 unspecified atom stereocenters. The molecule has 22 heavy (non-hydrogen) atoms. The number of imidazole rings is 1. The molecular weight excluding hydrogens is 276 g/mol. The van der Waals surface area contributed by atoms with Gasteiger partial charge in [0.1, 0.15) is 0 Å². The molecule has 5 nitrogen and oxygen atoms in total. The van der Waals surface area contributed by atoms with E-state index in [0.717, 1.165) is 35.6 Å². The quantitative estimate of drug-likeness (QED) is 0.911. The second-order valence-corrected chi connectivity index (χ2v) is 6.04. The molecule has 1 heterocycles. The van der Waals surface area contributed by atoms with E-state index in [9.17, 15) is 4.79 Å². The summed E-state index contributed by atoms with van der Waals surface area (Å²) in [5.41, 5.74) is 9.92. The Morgan fingerprint density at radius 1 is 1.32 bits per heavy atom. The van der Waals surface area contributed by atoms with Crippen molar-refractivity contribution < 1.29 is 4.79 Å². The molecule has 0 spiro atoms. The third-order valence-corrected chi connectivity index (χ3v) is 4.63. The highest BCUT2D eigenvalue weighted by Crippen LogP contribution is 2.29. The van der Waals surface area contributed by atoms with Gasteiger partial charge < -0.3 is 15.6 Å². The Morgan fingerprint density at radius 3 is 2.50 bits per heavy atom. The zero-order chi connectivity index (χ0) is 15.7. The maximum atomic E-state index is 12.1. The van der Waals surface area contributed by atoms with Gasteiger partial charge in [0.2, 0.25) is 5.91 Å². The van der Waals surface area contributed by atoms with Crippen molar-refractivity contribution in [1.29, 1.82) is 0 Å². The van der Waals surface area contributed by atoms with Crippen LogP contribution < -0.4 is 11.1 Å². The number of hydrogen-bond acceptors (Lipinski definition) is 3. The summed E-state index contributed by atoms with van der Waals surface area (Å²) in [5, 5.41) is 2.90. The standard InChI is InChI=1S/C17H22N4O/c1-11-12(2)21(10-19-11)15-8-6-14(7-9-15)20-17(22)16(18)13-4-3-5-13/h6-10,13,16H,3-5,18H2,1-2H3,(H,20,22). The monoisotopic (exact) mass is 298 g/mol. The van der Waals surface area contributed by atoms with Crippen LogP contribution in [0.4, 0.5) is 5.69 Å². The molecule has 1 aromatic heterocycles. The average molecular weight is 298 g/mol. The summed E-state index contributed by atoms with van der Waals surface area (Å²) in [7, 11) is 0. The molecule has 1 amide bonds. The largest absolute Gasteiger partial charge is 0.325 e. The van der Waals surface area contributed by atoms with Gasteiger partial charge in [-0.15, -0.1) is 0 Å². The smallest absolute Gasteiger partial charge is 0.241 e. The number of carbonyl (C=O) groups is 1. The molecule has 116 valence electrons. The van der Waals surface area contributed by atoms with Crippen molar-refractivity contribution in [3.8, 4) is 5.69 Å². The maximum absolute atomic E-state index is 12.1. The van der Waals surface area contributed by atoms with Gasteiger partial charge in [0.05, 0.1) is 18.1 Å². The minimum Gasteiger partial charge on any atom is -0.325 e. The summed E-state index contributed by atoms with van der Waals surface area (Å²) in [6.45, 7) is 4.03. The number of aromatic nitrogens is 2. The normalized spacial score (nSPS) is 16.1. The minimum absolute atomic E-state index is 0.0906. The van der Waals surface area contributed by atoms with Crippen LogP contribution >= 0.6 is 0 Å². The van der Waals surface area contributed by atoms with Crippen LogP contribution in [0.2, 0.25) is 0 Å². The van der Waals surface area contributed by atoms with Crippen molar-refractivity contribution in [3.05, 3.63) is 42.0 Å². The number of hydrogen-bond donors (Lipinski definition) is 2. The van der Waals surface area contributed by atoms with E-state index in [1.807, 2.05) is 49.0 Å². The van der Waals surface area contributed by atoms with E-state index < -0.39 is 6.04 Å². The summed E-state index contributed by atoms with van der Waals surface area (Å²) in [4.78, 5) is 16.4. The molecule has 1 aliphatic rings. The van der Waals surface area contributed by atoms with Crippen LogP contribution in [0.3, 0.4) is 0 Å². The van der Waals surface area contributed by atoms with E-state index in [2.05, 4.69) is 10.3 Å². The third-order valence-electron chi connectivity index (χ3n) is 4.63. The maximum Gasteiger partial charge on any atom is 0.241 e. The van der Waals surface area contributed by atoms with Crippen molar-refractivity contribution in [2.24, 2.45) is 11.7 Å². The minimum atomic E-state index is -0.396. The Balaban J connectivity index is 1.69. The molecule has 1 saturated carbocycles. The van der Waals surface area contributed by atoms with E-state index in [-0.39, 0.29) is 5.91 Å². The van der Waals surface area contributed by atoms with E-state index in [1.165, 1.54) is 6.42 Å². The lowest BCUT2D eigenvalue weighted by Crippen LogP contribution is -2.44. The average Bonchev–Trinajstić information content (AvgIpc) is 2.78. The van der Waals surface area contributed by atoms with Crippen molar-refractivity contribution >= 4 is 11.6 Å². The number of carbonyl (C=O) groups excluding carboxylic acids is 1. The molecule has 0 aliphatic heterocycles. The first-order chi connectivity index (χ1) is 10.6. The highest BCUT2D eigenvalue weighted by atomic mass is 16.2. The van der Waals surface area contributed by atoms with Gasteiger partial charge in [0, 0.05) is 17.1 Å². The Hall–Kier alpha value is -2.14. The Morgan fingerprint density at radius 2 is 2.00 bits per heavy atom. The van der Waals surface area contributed by atoms with Gasteiger partial charge in [-0.1, -0.05) is 6.42 Å².